The Labute approximate surface area is 167 Å². The second kappa shape index (κ2) is 6.51. The average Bonchev–Trinajstić information content (AvgIpc) is 3.32. The van der Waals surface area contributed by atoms with Crippen LogP contribution in [0.15, 0.2) is 53.6 Å². The van der Waals surface area contributed by atoms with Crippen LogP contribution in [-0.2, 0) is 12.5 Å². The van der Waals surface area contributed by atoms with E-state index in [-0.39, 0.29) is 5.41 Å². The Kier molecular flexibility index (Phi) is 3.94. The first-order valence-corrected chi connectivity index (χ1v) is 9.55. The third-order valence-electron chi connectivity index (χ3n) is 5.69. The maximum atomic E-state index is 5.63. The molecule has 5 rings (SSSR count). The lowest BCUT2D eigenvalue weighted by atomic mass is 9.77. The van der Waals surface area contributed by atoms with Crippen LogP contribution >= 0.6 is 0 Å². The van der Waals surface area contributed by atoms with Gasteiger partial charge in [-0.1, -0.05) is 29.4 Å². The molecule has 8 heteroatoms. The van der Waals surface area contributed by atoms with Crippen molar-refractivity contribution < 1.29 is 4.52 Å². The van der Waals surface area contributed by atoms with Gasteiger partial charge in [-0.15, -0.1) is 0 Å². The standard InChI is InChI=1S/C21H21N7O/c1-21(16-7-8-16,20-26-19(29-27-20)14-9-25-28(2)12-14)15-5-3-13(4-6-15)17-10-24-18(22)11-23-17/h3-6,9-12,16H,7-8H2,1-2H3,(H2,22,24)/t21-/m1/s1. The molecule has 0 spiro atoms. The molecule has 0 radical (unpaired) electrons. The van der Waals surface area contributed by atoms with Crippen molar-refractivity contribution in [2.24, 2.45) is 13.0 Å². The first kappa shape index (κ1) is 17.5. The minimum atomic E-state index is -0.310. The molecule has 1 atom stereocenters. The summed E-state index contributed by atoms with van der Waals surface area (Å²) in [6.45, 7) is 2.20. The fraction of sp³-hybridized carbons (Fsp3) is 0.286. The number of nitrogens with two attached hydrogens (primary N) is 1. The van der Waals surface area contributed by atoms with Gasteiger partial charge >= 0.3 is 0 Å². The summed E-state index contributed by atoms with van der Waals surface area (Å²) in [5.41, 5.74) is 9.08. The van der Waals surface area contributed by atoms with E-state index >= 15 is 0 Å². The van der Waals surface area contributed by atoms with Gasteiger partial charge in [-0.2, -0.15) is 10.1 Å². The first-order valence-electron chi connectivity index (χ1n) is 9.55. The molecule has 1 saturated carbocycles. The number of benzene rings is 1. The molecule has 1 aliphatic carbocycles. The lowest BCUT2D eigenvalue weighted by molar-refractivity contribution is 0.386. The smallest absolute Gasteiger partial charge is 0.261 e. The quantitative estimate of drug-likeness (QED) is 0.560. The van der Waals surface area contributed by atoms with Gasteiger partial charge in [0.15, 0.2) is 5.82 Å². The van der Waals surface area contributed by atoms with E-state index in [1.54, 1.807) is 23.3 Å². The Morgan fingerprint density at radius 2 is 1.86 bits per heavy atom. The summed E-state index contributed by atoms with van der Waals surface area (Å²) in [5, 5.41) is 8.53. The molecule has 4 aromatic rings. The van der Waals surface area contributed by atoms with Gasteiger partial charge in [0.1, 0.15) is 5.82 Å². The van der Waals surface area contributed by atoms with Crippen molar-refractivity contribution in [3.8, 4) is 22.7 Å². The summed E-state index contributed by atoms with van der Waals surface area (Å²) in [5.74, 6) is 2.10. The largest absolute Gasteiger partial charge is 0.382 e. The predicted molar refractivity (Wildman–Crippen MR) is 108 cm³/mol. The molecule has 0 amide bonds. The zero-order valence-electron chi connectivity index (χ0n) is 16.3. The van der Waals surface area contributed by atoms with Crippen molar-refractivity contribution >= 4 is 5.82 Å². The highest BCUT2D eigenvalue weighted by Gasteiger charge is 2.47. The second-order valence-corrected chi connectivity index (χ2v) is 7.71. The fourth-order valence-electron chi connectivity index (χ4n) is 3.77. The topological polar surface area (TPSA) is 109 Å². The van der Waals surface area contributed by atoms with Gasteiger partial charge in [-0.25, -0.2) is 4.98 Å². The van der Waals surface area contributed by atoms with E-state index in [0.29, 0.717) is 23.5 Å². The average molecular weight is 387 g/mol. The first-order chi connectivity index (χ1) is 14.0. The minimum Gasteiger partial charge on any atom is -0.382 e. The van der Waals surface area contributed by atoms with Gasteiger partial charge in [0, 0.05) is 18.8 Å². The van der Waals surface area contributed by atoms with E-state index in [0.717, 1.165) is 35.2 Å². The molecule has 0 unspecified atom stereocenters. The minimum absolute atomic E-state index is 0.310. The second-order valence-electron chi connectivity index (χ2n) is 7.71. The number of hydrogen-bond acceptors (Lipinski definition) is 7. The Hall–Kier alpha value is -3.55. The van der Waals surface area contributed by atoms with E-state index < -0.39 is 0 Å². The summed E-state index contributed by atoms with van der Waals surface area (Å²) < 4.78 is 7.29. The molecule has 2 N–H and O–H groups in total. The molecule has 1 fully saturated rings. The number of aromatic nitrogens is 6. The summed E-state index contributed by atoms with van der Waals surface area (Å²) in [4.78, 5) is 13.2. The summed E-state index contributed by atoms with van der Waals surface area (Å²) in [6.07, 6.45) is 9.15. The third kappa shape index (κ3) is 3.06. The van der Waals surface area contributed by atoms with Crippen molar-refractivity contribution in [1.82, 2.24) is 29.9 Å². The summed E-state index contributed by atoms with van der Waals surface area (Å²) in [6, 6.07) is 8.34. The maximum absolute atomic E-state index is 5.63. The number of hydrogen-bond donors (Lipinski definition) is 1. The highest BCUT2D eigenvalue weighted by molar-refractivity contribution is 5.60. The van der Waals surface area contributed by atoms with Crippen LogP contribution in [0.2, 0.25) is 0 Å². The molecule has 1 aromatic carbocycles. The van der Waals surface area contributed by atoms with Crippen molar-refractivity contribution in [1.29, 1.82) is 0 Å². The molecule has 3 heterocycles. The van der Waals surface area contributed by atoms with E-state index in [1.165, 1.54) is 0 Å². The Morgan fingerprint density at radius 3 is 2.48 bits per heavy atom. The van der Waals surface area contributed by atoms with Crippen LogP contribution in [0.4, 0.5) is 5.82 Å². The van der Waals surface area contributed by atoms with Crippen LogP contribution in [0.1, 0.15) is 31.2 Å². The third-order valence-corrected chi connectivity index (χ3v) is 5.69. The monoisotopic (exact) mass is 387 g/mol. The summed E-state index contributed by atoms with van der Waals surface area (Å²) >= 11 is 0. The molecule has 3 aromatic heterocycles. The van der Waals surface area contributed by atoms with Crippen LogP contribution < -0.4 is 5.73 Å². The fourth-order valence-corrected chi connectivity index (χ4v) is 3.77. The molecule has 0 saturated heterocycles. The molecule has 0 bridgehead atoms. The number of nitrogens with zero attached hydrogens (tertiary/aromatic N) is 6. The zero-order valence-corrected chi connectivity index (χ0v) is 16.3. The molecule has 29 heavy (non-hydrogen) atoms. The van der Waals surface area contributed by atoms with Crippen LogP contribution in [0.3, 0.4) is 0 Å². The number of nitrogen functional groups attached to an aromatic ring is 1. The number of anilines is 1. The highest BCUT2D eigenvalue weighted by Crippen LogP contribution is 2.50. The van der Waals surface area contributed by atoms with E-state index in [1.807, 2.05) is 13.2 Å². The van der Waals surface area contributed by atoms with Crippen molar-refractivity contribution in [2.75, 3.05) is 5.73 Å². The Bertz CT molecular complexity index is 1140. The normalized spacial score (nSPS) is 15.9. The Morgan fingerprint density at radius 1 is 1.07 bits per heavy atom. The van der Waals surface area contributed by atoms with Crippen LogP contribution in [-0.4, -0.2) is 29.9 Å². The van der Waals surface area contributed by atoms with Gasteiger partial charge in [0.25, 0.3) is 5.89 Å². The van der Waals surface area contributed by atoms with Gasteiger partial charge < -0.3 is 10.3 Å². The van der Waals surface area contributed by atoms with Gasteiger partial charge in [0.05, 0.1) is 35.3 Å². The van der Waals surface area contributed by atoms with Crippen LogP contribution in [0.25, 0.3) is 22.7 Å². The van der Waals surface area contributed by atoms with Crippen molar-refractivity contribution in [2.45, 2.75) is 25.2 Å². The molecule has 1 aliphatic rings. The maximum Gasteiger partial charge on any atom is 0.261 e. The molecule has 146 valence electrons. The Balaban J connectivity index is 1.50. The zero-order chi connectivity index (χ0) is 20.0. The molecule has 8 nitrogen and oxygen atoms in total. The van der Waals surface area contributed by atoms with Gasteiger partial charge in [0.2, 0.25) is 0 Å². The number of aryl methyl sites for hydroxylation is 1. The van der Waals surface area contributed by atoms with E-state index in [9.17, 15) is 0 Å². The highest BCUT2D eigenvalue weighted by atomic mass is 16.5. The molecular weight excluding hydrogens is 366 g/mol. The lowest BCUT2D eigenvalue weighted by Crippen LogP contribution is -2.28. The van der Waals surface area contributed by atoms with Gasteiger partial charge in [-0.3, -0.25) is 9.67 Å². The van der Waals surface area contributed by atoms with Crippen LogP contribution in [0, 0.1) is 5.92 Å². The molecule has 0 aliphatic heterocycles. The van der Waals surface area contributed by atoms with E-state index in [2.05, 4.69) is 51.4 Å². The molecular formula is C21H21N7O. The predicted octanol–water partition coefficient (Wildman–Crippen LogP) is 3.23. The van der Waals surface area contributed by atoms with Crippen LogP contribution in [0.5, 0.6) is 0 Å². The van der Waals surface area contributed by atoms with Crippen molar-refractivity contribution in [3.63, 3.8) is 0 Å². The lowest BCUT2D eigenvalue weighted by Gasteiger charge is -2.26. The number of rotatable bonds is 5. The van der Waals surface area contributed by atoms with Crippen molar-refractivity contribution in [3.05, 3.63) is 60.4 Å². The SMILES string of the molecule is Cn1cc(-c2nc([C@](C)(c3ccc(-c4cnc(N)cn4)cc3)C3CC3)no2)cn1. The summed E-state index contributed by atoms with van der Waals surface area (Å²) in [7, 11) is 1.86. The van der Waals surface area contributed by atoms with Gasteiger partial charge in [-0.05, 0) is 31.2 Å². The van der Waals surface area contributed by atoms with E-state index in [4.69, 9.17) is 15.2 Å².